The molecule has 1 heteroatoms. The Bertz CT molecular complexity index is 64.6. The first kappa shape index (κ1) is 5.10. The zero-order valence-electron chi connectivity index (χ0n) is 4.69. The maximum absolute atomic E-state index is 3.72. The van der Waals surface area contributed by atoms with Gasteiger partial charge in [-0.25, -0.2) is 0 Å². The Morgan fingerprint density at radius 2 is 2.29 bits per heavy atom. The van der Waals surface area contributed by atoms with E-state index in [-0.39, 0.29) is 8.80 Å². The van der Waals surface area contributed by atoms with Crippen molar-refractivity contribution >= 4 is 8.80 Å². The Morgan fingerprint density at radius 3 is 2.43 bits per heavy atom. The van der Waals surface area contributed by atoms with Crippen LogP contribution >= 0.6 is 0 Å². The van der Waals surface area contributed by atoms with Crippen LogP contribution in [0.3, 0.4) is 0 Å². The standard InChI is InChI=1S/C6H12Si/c1-2-4-7-5-3-6-7/h2,7H,1,3-6H2. The molecule has 0 saturated carbocycles. The first-order chi connectivity index (χ1) is 3.43. The van der Waals surface area contributed by atoms with E-state index in [0.717, 1.165) is 0 Å². The molecule has 0 aromatic heterocycles. The fraction of sp³-hybridized carbons (Fsp3) is 0.667. The highest BCUT2D eigenvalue weighted by molar-refractivity contribution is 6.62. The van der Waals surface area contributed by atoms with Crippen LogP contribution in [0.4, 0.5) is 0 Å². The second-order valence-electron chi connectivity index (χ2n) is 2.32. The van der Waals surface area contributed by atoms with E-state index in [1.807, 2.05) is 0 Å². The molecule has 1 heterocycles. The zero-order chi connectivity index (χ0) is 5.11. The highest BCUT2D eigenvalue weighted by Gasteiger charge is 2.16. The van der Waals surface area contributed by atoms with Crippen LogP contribution in [0.15, 0.2) is 12.7 Å². The second-order valence-corrected chi connectivity index (χ2v) is 5.68. The van der Waals surface area contributed by atoms with Crippen molar-refractivity contribution in [2.75, 3.05) is 0 Å². The van der Waals surface area contributed by atoms with E-state index in [1.165, 1.54) is 12.5 Å². The molecule has 0 spiro atoms. The average molecular weight is 112 g/mol. The minimum atomic E-state index is -0.119. The van der Waals surface area contributed by atoms with Gasteiger partial charge in [-0.2, -0.15) is 0 Å². The van der Waals surface area contributed by atoms with Crippen LogP contribution in [-0.4, -0.2) is 8.80 Å². The largest absolute Gasteiger partial charge is 0.103 e. The molecule has 1 fully saturated rings. The van der Waals surface area contributed by atoms with Crippen LogP contribution in [0.25, 0.3) is 0 Å². The topological polar surface area (TPSA) is 0 Å². The van der Waals surface area contributed by atoms with Gasteiger partial charge in [0.2, 0.25) is 0 Å². The minimum absolute atomic E-state index is 0.119. The summed E-state index contributed by atoms with van der Waals surface area (Å²) in [4.78, 5) is 0. The van der Waals surface area contributed by atoms with E-state index in [1.54, 1.807) is 12.1 Å². The van der Waals surface area contributed by atoms with Crippen molar-refractivity contribution in [2.45, 2.75) is 24.6 Å². The lowest BCUT2D eigenvalue weighted by Crippen LogP contribution is -2.19. The Labute approximate surface area is 46.8 Å². The first-order valence-electron chi connectivity index (χ1n) is 3.04. The number of hydrogen-bond acceptors (Lipinski definition) is 0. The molecule has 40 valence electrons. The van der Waals surface area contributed by atoms with Gasteiger partial charge in [-0.15, -0.1) is 6.58 Å². The van der Waals surface area contributed by atoms with E-state index in [0.29, 0.717) is 0 Å². The summed E-state index contributed by atoms with van der Waals surface area (Å²) >= 11 is 0. The molecule has 0 N–H and O–H groups in total. The first-order valence-corrected chi connectivity index (χ1v) is 5.49. The molecular weight excluding hydrogens is 100 g/mol. The molecule has 0 nitrogen and oxygen atoms in total. The Hall–Kier alpha value is -0.0431. The van der Waals surface area contributed by atoms with Crippen molar-refractivity contribution in [3.63, 3.8) is 0 Å². The fourth-order valence-corrected chi connectivity index (χ4v) is 2.89. The minimum Gasteiger partial charge on any atom is -0.103 e. The smallest absolute Gasteiger partial charge is 0.0405 e. The molecule has 0 bridgehead atoms. The lowest BCUT2D eigenvalue weighted by atomic mass is 10.5. The number of rotatable bonds is 2. The fourth-order valence-electron chi connectivity index (χ4n) is 0.964. The Morgan fingerprint density at radius 1 is 1.57 bits per heavy atom. The number of allylic oxidation sites excluding steroid dienone is 1. The van der Waals surface area contributed by atoms with Gasteiger partial charge in [-0.3, -0.25) is 0 Å². The van der Waals surface area contributed by atoms with Crippen molar-refractivity contribution in [3.8, 4) is 0 Å². The van der Waals surface area contributed by atoms with Crippen LogP contribution in [0.2, 0.25) is 18.1 Å². The van der Waals surface area contributed by atoms with Gasteiger partial charge in [-0.1, -0.05) is 24.6 Å². The van der Waals surface area contributed by atoms with Gasteiger partial charge in [-0.05, 0) is 6.04 Å². The summed E-state index contributed by atoms with van der Waals surface area (Å²) in [7, 11) is -0.119. The van der Waals surface area contributed by atoms with Gasteiger partial charge >= 0.3 is 0 Å². The molecule has 1 aliphatic heterocycles. The molecule has 1 saturated heterocycles. The van der Waals surface area contributed by atoms with Gasteiger partial charge in [0, 0.05) is 8.80 Å². The van der Waals surface area contributed by atoms with E-state index in [2.05, 4.69) is 12.7 Å². The van der Waals surface area contributed by atoms with Gasteiger partial charge in [0.05, 0.1) is 0 Å². The molecule has 0 aliphatic carbocycles. The number of hydrogen-bond donors (Lipinski definition) is 0. The van der Waals surface area contributed by atoms with Crippen molar-refractivity contribution in [1.82, 2.24) is 0 Å². The van der Waals surface area contributed by atoms with Crippen LogP contribution in [-0.2, 0) is 0 Å². The zero-order valence-corrected chi connectivity index (χ0v) is 5.84. The van der Waals surface area contributed by atoms with Crippen molar-refractivity contribution in [2.24, 2.45) is 0 Å². The predicted octanol–water partition coefficient (Wildman–Crippen LogP) is 1.80. The molecule has 0 aromatic rings. The lowest BCUT2D eigenvalue weighted by Gasteiger charge is -2.21. The van der Waals surface area contributed by atoms with Gasteiger partial charge in [0.25, 0.3) is 0 Å². The molecule has 0 unspecified atom stereocenters. The summed E-state index contributed by atoms with van der Waals surface area (Å²) in [5.74, 6) is 0. The molecular formula is C6H12Si. The van der Waals surface area contributed by atoms with Crippen molar-refractivity contribution in [3.05, 3.63) is 12.7 Å². The molecule has 0 radical (unpaired) electrons. The quantitative estimate of drug-likeness (QED) is 0.377. The lowest BCUT2D eigenvalue weighted by molar-refractivity contribution is 0.932. The maximum Gasteiger partial charge on any atom is 0.0405 e. The third-order valence-corrected chi connectivity index (χ3v) is 5.17. The monoisotopic (exact) mass is 112 g/mol. The van der Waals surface area contributed by atoms with Gasteiger partial charge < -0.3 is 0 Å². The van der Waals surface area contributed by atoms with E-state index >= 15 is 0 Å². The summed E-state index contributed by atoms with van der Waals surface area (Å²) in [6.07, 6.45) is 3.61. The van der Waals surface area contributed by atoms with Gasteiger partial charge in [0.1, 0.15) is 0 Å². The molecule has 0 atom stereocenters. The molecule has 1 aliphatic rings. The normalized spacial score (nSPS) is 21.1. The third-order valence-electron chi connectivity index (χ3n) is 1.72. The summed E-state index contributed by atoms with van der Waals surface area (Å²) in [5, 5.41) is 0. The van der Waals surface area contributed by atoms with Crippen LogP contribution < -0.4 is 0 Å². The maximum atomic E-state index is 3.72. The van der Waals surface area contributed by atoms with Crippen LogP contribution in [0.1, 0.15) is 6.42 Å². The van der Waals surface area contributed by atoms with Crippen LogP contribution in [0.5, 0.6) is 0 Å². The summed E-state index contributed by atoms with van der Waals surface area (Å²) in [6.45, 7) is 3.72. The van der Waals surface area contributed by atoms with E-state index in [4.69, 9.17) is 0 Å². The van der Waals surface area contributed by atoms with Gasteiger partial charge in [0.15, 0.2) is 0 Å². The molecule has 0 aromatic carbocycles. The molecule has 0 amide bonds. The van der Waals surface area contributed by atoms with Crippen LogP contribution in [0, 0.1) is 0 Å². The molecule has 1 rings (SSSR count). The highest BCUT2D eigenvalue weighted by atomic mass is 28.3. The van der Waals surface area contributed by atoms with Crippen molar-refractivity contribution in [1.29, 1.82) is 0 Å². The Kier molecular flexibility index (Phi) is 1.68. The predicted molar refractivity (Wildman–Crippen MR) is 36.4 cm³/mol. The summed E-state index contributed by atoms with van der Waals surface area (Å²) in [6, 6.07) is 4.57. The highest BCUT2D eigenvalue weighted by Crippen LogP contribution is 2.22. The van der Waals surface area contributed by atoms with Crippen molar-refractivity contribution < 1.29 is 0 Å². The molecule has 7 heavy (non-hydrogen) atoms. The SMILES string of the molecule is C=CC[SiH]1CCC1. The summed E-state index contributed by atoms with van der Waals surface area (Å²) in [5.41, 5.74) is 0. The van der Waals surface area contributed by atoms with E-state index < -0.39 is 0 Å². The Balaban J connectivity index is 2.03. The average Bonchev–Trinajstić information content (AvgIpc) is 1.55. The summed E-state index contributed by atoms with van der Waals surface area (Å²) < 4.78 is 0. The second kappa shape index (κ2) is 2.31. The third kappa shape index (κ3) is 1.16. The van der Waals surface area contributed by atoms with E-state index in [9.17, 15) is 0 Å².